The van der Waals surface area contributed by atoms with Crippen LogP contribution in [0.3, 0.4) is 0 Å². The Morgan fingerprint density at radius 1 is 1.44 bits per heavy atom. The lowest BCUT2D eigenvalue weighted by molar-refractivity contribution is -0.134. The fraction of sp³-hybridized carbons (Fsp3) is 0.556. The zero-order valence-electron chi connectivity index (χ0n) is 9.78. The Bertz CT molecular complexity index is 522. The Morgan fingerprint density at radius 3 is 2.39 bits per heavy atom. The molecule has 0 aromatic carbocycles. The summed E-state index contributed by atoms with van der Waals surface area (Å²) in [5, 5.41) is 0. The molecule has 1 rings (SSSR count). The summed E-state index contributed by atoms with van der Waals surface area (Å²) >= 11 is 0. The molecule has 1 aromatic heterocycles. The normalized spacial score (nSPS) is 13.3. The first-order chi connectivity index (χ1) is 8.08. The molecule has 0 aliphatic carbocycles. The number of alkyl halides is 3. The fourth-order valence-corrected chi connectivity index (χ4v) is 2.72. The summed E-state index contributed by atoms with van der Waals surface area (Å²) in [4.78, 5) is -0.297. The average Bonchev–Trinajstić information content (AvgIpc) is 2.57. The molecular formula is C9H13F3N2O3S. The van der Waals surface area contributed by atoms with Crippen molar-refractivity contribution < 1.29 is 26.0 Å². The minimum absolute atomic E-state index is 0.0180. The van der Waals surface area contributed by atoms with Crippen LogP contribution in [-0.2, 0) is 16.6 Å². The van der Waals surface area contributed by atoms with Crippen molar-refractivity contribution in [3.05, 3.63) is 17.6 Å². The minimum atomic E-state index is -4.60. The molecule has 0 fully saturated rings. The van der Waals surface area contributed by atoms with E-state index in [-0.39, 0.29) is 27.3 Å². The van der Waals surface area contributed by atoms with Crippen LogP contribution < -0.4 is 5.73 Å². The SMILES string of the molecule is Cc1oc(CN)cc1S(=O)(=O)N(C)CC(F)(F)F. The summed E-state index contributed by atoms with van der Waals surface area (Å²) in [6, 6.07) is 1.14. The molecule has 0 saturated heterocycles. The van der Waals surface area contributed by atoms with Gasteiger partial charge in [0, 0.05) is 13.1 Å². The van der Waals surface area contributed by atoms with E-state index in [0.717, 1.165) is 13.1 Å². The van der Waals surface area contributed by atoms with Gasteiger partial charge in [0.1, 0.15) is 23.0 Å². The van der Waals surface area contributed by atoms with Crippen molar-refractivity contribution in [3.8, 4) is 0 Å². The number of nitrogens with two attached hydrogens (primary N) is 1. The molecule has 0 amide bonds. The van der Waals surface area contributed by atoms with Gasteiger partial charge in [-0.3, -0.25) is 0 Å². The molecule has 0 aliphatic rings. The third-order valence-corrected chi connectivity index (χ3v) is 4.13. The van der Waals surface area contributed by atoms with Crippen molar-refractivity contribution in [1.82, 2.24) is 4.31 Å². The van der Waals surface area contributed by atoms with Gasteiger partial charge < -0.3 is 10.2 Å². The summed E-state index contributed by atoms with van der Waals surface area (Å²) in [5.74, 6) is 0.218. The summed E-state index contributed by atoms with van der Waals surface area (Å²) in [7, 11) is -3.37. The van der Waals surface area contributed by atoms with Crippen LogP contribution in [0.5, 0.6) is 0 Å². The molecule has 0 atom stereocenters. The number of hydrogen-bond donors (Lipinski definition) is 1. The Hall–Kier alpha value is -1.06. The maximum atomic E-state index is 12.2. The van der Waals surface area contributed by atoms with Crippen molar-refractivity contribution in [2.24, 2.45) is 5.73 Å². The van der Waals surface area contributed by atoms with E-state index in [1.54, 1.807) is 0 Å². The molecule has 104 valence electrons. The second kappa shape index (κ2) is 4.90. The maximum absolute atomic E-state index is 12.2. The Morgan fingerprint density at radius 2 is 2.00 bits per heavy atom. The number of furan rings is 1. The predicted octanol–water partition coefficient (Wildman–Crippen LogP) is 1.23. The lowest BCUT2D eigenvalue weighted by atomic mass is 10.4. The van der Waals surface area contributed by atoms with Gasteiger partial charge in [-0.2, -0.15) is 17.5 Å². The lowest BCUT2D eigenvalue weighted by Crippen LogP contribution is -2.35. The van der Waals surface area contributed by atoms with Gasteiger partial charge in [0.25, 0.3) is 0 Å². The maximum Gasteiger partial charge on any atom is 0.402 e. The number of halogens is 3. The molecular weight excluding hydrogens is 273 g/mol. The van der Waals surface area contributed by atoms with Crippen LogP contribution in [0.1, 0.15) is 11.5 Å². The predicted molar refractivity (Wildman–Crippen MR) is 57.2 cm³/mol. The first-order valence-corrected chi connectivity index (χ1v) is 6.34. The highest BCUT2D eigenvalue weighted by Crippen LogP contribution is 2.25. The van der Waals surface area contributed by atoms with E-state index < -0.39 is 22.7 Å². The average molecular weight is 286 g/mol. The highest BCUT2D eigenvalue weighted by atomic mass is 32.2. The number of nitrogens with zero attached hydrogens (tertiary/aromatic N) is 1. The standard InChI is InChI=1S/C9H13F3N2O3S/c1-6-8(3-7(4-13)17-6)18(15,16)14(2)5-9(10,11)12/h3H,4-5,13H2,1-2H3. The van der Waals surface area contributed by atoms with E-state index in [0.29, 0.717) is 0 Å². The zero-order valence-corrected chi connectivity index (χ0v) is 10.6. The van der Waals surface area contributed by atoms with Crippen LogP contribution in [0.4, 0.5) is 13.2 Å². The topological polar surface area (TPSA) is 76.5 Å². The van der Waals surface area contributed by atoms with Gasteiger partial charge in [0.2, 0.25) is 10.0 Å². The van der Waals surface area contributed by atoms with Gasteiger partial charge in [-0.25, -0.2) is 8.42 Å². The molecule has 0 bridgehead atoms. The third-order valence-electron chi connectivity index (χ3n) is 2.21. The Kier molecular flexibility index (Phi) is 4.08. The number of rotatable bonds is 4. The van der Waals surface area contributed by atoms with Gasteiger partial charge in [-0.15, -0.1) is 0 Å². The largest absolute Gasteiger partial charge is 0.464 e. The fourth-order valence-electron chi connectivity index (χ4n) is 1.39. The van der Waals surface area contributed by atoms with E-state index in [1.807, 2.05) is 0 Å². The molecule has 1 aromatic rings. The molecule has 0 unspecified atom stereocenters. The van der Waals surface area contributed by atoms with Gasteiger partial charge in [-0.05, 0) is 6.92 Å². The molecule has 9 heteroatoms. The molecule has 18 heavy (non-hydrogen) atoms. The van der Waals surface area contributed by atoms with E-state index in [2.05, 4.69) is 0 Å². The Labute approximate surface area is 102 Å². The van der Waals surface area contributed by atoms with Crippen LogP contribution >= 0.6 is 0 Å². The van der Waals surface area contributed by atoms with Gasteiger partial charge in [0.15, 0.2) is 0 Å². The second-order valence-corrected chi connectivity index (χ2v) is 5.73. The second-order valence-electron chi connectivity index (χ2n) is 3.71. The highest BCUT2D eigenvalue weighted by Gasteiger charge is 2.36. The number of aryl methyl sites for hydroxylation is 1. The van der Waals surface area contributed by atoms with Crippen molar-refractivity contribution in [1.29, 1.82) is 0 Å². The quantitative estimate of drug-likeness (QED) is 0.903. The molecule has 0 saturated carbocycles. The van der Waals surface area contributed by atoms with Crippen LogP contribution in [0, 0.1) is 6.92 Å². The summed E-state index contributed by atoms with van der Waals surface area (Å²) in [6.45, 7) is -0.231. The van der Waals surface area contributed by atoms with Crippen molar-refractivity contribution in [2.75, 3.05) is 13.6 Å². The molecule has 0 aliphatic heterocycles. The number of sulfonamides is 1. The van der Waals surface area contributed by atoms with Crippen molar-refractivity contribution >= 4 is 10.0 Å². The van der Waals surface area contributed by atoms with Crippen LogP contribution in [0.15, 0.2) is 15.4 Å². The van der Waals surface area contributed by atoms with Crippen molar-refractivity contribution in [3.63, 3.8) is 0 Å². The molecule has 5 nitrogen and oxygen atoms in total. The minimum Gasteiger partial charge on any atom is -0.464 e. The summed E-state index contributed by atoms with van der Waals surface area (Å²) in [5.41, 5.74) is 5.27. The van der Waals surface area contributed by atoms with Gasteiger partial charge in [0.05, 0.1) is 6.54 Å². The number of hydrogen-bond acceptors (Lipinski definition) is 4. The van der Waals surface area contributed by atoms with E-state index >= 15 is 0 Å². The van der Waals surface area contributed by atoms with Crippen LogP contribution in [-0.4, -0.2) is 32.5 Å². The van der Waals surface area contributed by atoms with E-state index in [4.69, 9.17) is 10.2 Å². The smallest absolute Gasteiger partial charge is 0.402 e. The zero-order chi connectivity index (χ0) is 14.1. The summed E-state index contributed by atoms with van der Waals surface area (Å²) < 4.78 is 65.5. The van der Waals surface area contributed by atoms with Crippen LogP contribution in [0.25, 0.3) is 0 Å². The lowest BCUT2D eigenvalue weighted by Gasteiger charge is -2.18. The monoisotopic (exact) mass is 286 g/mol. The molecule has 1 heterocycles. The molecule has 2 N–H and O–H groups in total. The van der Waals surface area contributed by atoms with E-state index in [9.17, 15) is 21.6 Å². The van der Waals surface area contributed by atoms with Crippen molar-refractivity contribution in [2.45, 2.75) is 24.5 Å². The highest BCUT2D eigenvalue weighted by molar-refractivity contribution is 7.89. The van der Waals surface area contributed by atoms with E-state index in [1.165, 1.54) is 6.92 Å². The summed E-state index contributed by atoms with van der Waals surface area (Å²) in [6.07, 6.45) is -4.60. The van der Waals surface area contributed by atoms with Gasteiger partial charge >= 0.3 is 6.18 Å². The first kappa shape index (κ1) is 15.0. The first-order valence-electron chi connectivity index (χ1n) is 4.90. The Balaban J connectivity index is 3.09. The third kappa shape index (κ3) is 3.24. The molecule has 0 spiro atoms. The molecule has 0 radical (unpaired) electrons. The van der Waals surface area contributed by atoms with Crippen LogP contribution in [0.2, 0.25) is 0 Å². The van der Waals surface area contributed by atoms with Gasteiger partial charge in [-0.1, -0.05) is 0 Å².